The lowest BCUT2D eigenvalue weighted by Gasteiger charge is -2.31. The van der Waals surface area contributed by atoms with Crippen LogP contribution in [-0.4, -0.2) is 39.9 Å². The summed E-state index contributed by atoms with van der Waals surface area (Å²) in [6, 6.07) is 12.7. The molecule has 1 saturated carbocycles. The number of rotatable bonds is 5. The Hall–Kier alpha value is -2.64. The van der Waals surface area contributed by atoms with Gasteiger partial charge in [0.2, 0.25) is 0 Å². The average molecular weight is 447 g/mol. The van der Waals surface area contributed by atoms with Crippen LogP contribution in [0.2, 0.25) is 0 Å². The van der Waals surface area contributed by atoms with E-state index < -0.39 is 0 Å². The molecule has 2 aliphatic heterocycles. The highest BCUT2D eigenvalue weighted by molar-refractivity contribution is 5.91. The van der Waals surface area contributed by atoms with Crippen LogP contribution in [0, 0.1) is 0 Å². The fourth-order valence-electron chi connectivity index (χ4n) is 6.49. The summed E-state index contributed by atoms with van der Waals surface area (Å²) in [6.45, 7) is 0. The molecule has 4 N–H and O–H groups in total. The normalized spacial score (nSPS) is 29.4. The van der Waals surface area contributed by atoms with Crippen LogP contribution >= 0.6 is 0 Å². The van der Waals surface area contributed by atoms with E-state index in [-0.39, 0.29) is 11.6 Å². The molecule has 5 atom stereocenters. The largest absolute Gasteiger partial charge is 0.338 e. The number of piperidine rings is 1. The van der Waals surface area contributed by atoms with Gasteiger partial charge in [0.05, 0.1) is 11.6 Å². The van der Waals surface area contributed by atoms with Crippen molar-refractivity contribution in [2.75, 3.05) is 12.4 Å². The SMILES string of the molecule is CN[C@H]1CCCC[C@@H]1n1nc(Nc2ccc(C3C[C@H]4CC[C@@H](C3)N4)cc2)c2c(=O)[nH]ccc21. The zero-order valence-corrected chi connectivity index (χ0v) is 19.3. The van der Waals surface area contributed by atoms with Crippen molar-refractivity contribution in [1.82, 2.24) is 25.4 Å². The highest BCUT2D eigenvalue weighted by atomic mass is 16.1. The summed E-state index contributed by atoms with van der Waals surface area (Å²) >= 11 is 0. The van der Waals surface area contributed by atoms with E-state index in [9.17, 15) is 4.79 Å². The number of H-pyrrole nitrogens is 1. The van der Waals surface area contributed by atoms with Gasteiger partial charge in [-0.3, -0.25) is 9.48 Å². The molecule has 3 aliphatic rings. The molecular weight excluding hydrogens is 412 g/mol. The van der Waals surface area contributed by atoms with Gasteiger partial charge in [-0.1, -0.05) is 25.0 Å². The van der Waals surface area contributed by atoms with Gasteiger partial charge < -0.3 is 20.9 Å². The van der Waals surface area contributed by atoms with Gasteiger partial charge in [-0.05, 0) is 75.3 Å². The van der Waals surface area contributed by atoms with Crippen LogP contribution in [0.3, 0.4) is 0 Å². The van der Waals surface area contributed by atoms with Crippen molar-refractivity contribution in [3.05, 3.63) is 52.4 Å². The molecule has 6 rings (SSSR count). The second-order valence-electron chi connectivity index (χ2n) is 10.2. The fraction of sp³-hybridized carbons (Fsp3) is 0.538. The monoisotopic (exact) mass is 446 g/mol. The Morgan fingerprint density at radius 1 is 1.00 bits per heavy atom. The lowest BCUT2D eigenvalue weighted by molar-refractivity contribution is 0.263. The molecule has 1 aliphatic carbocycles. The second-order valence-corrected chi connectivity index (χ2v) is 10.2. The van der Waals surface area contributed by atoms with Crippen molar-refractivity contribution in [1.29, 1.82) is 0 Å². The van der Waals surface area contributed by atoms with E-state index in [1.807, 2.05) is 13.1 Å². The highest BCUT2D eigenvalue weighted by Gasteiger charge is 2.34. The van der Waals surface area contributed by atoms with Gasteiger partial charge in [0, 0.05) is 30.0 Å². The van der Waals surface area contributed by atoms with Crippen LogP contribution in [-0.2, 0) is 0 Å². The number of hydrogen-bond acceptors (Lipinski definition) is 5. The molecule has 0 spiro atoms. The number of anilines is 2. The van der Waals surface area contributed by atoms with Gasteiger partial charge in [0.25, 0.3) is 5.56 Å². The molecule has 2 bridgehead atoms. The van der Waals surface area contributed by atoms with Crippen LogP contribution in [0.5, 0.6) is 0 Å². The van der Waals surface area contributed by atoms with E-state index in [1.165, 1.54) is 44.1 Å². The Kier molecular flexibility index (Phi) is 5.46. The van der Waals surface area contributed by atoms with Gasteiger partial charge in [-0.2, -0.15) is 5.10 Å². The molecule has 0 amide bonds. The van der Waals surface area contributed by atoms with Crippen molar-refractivity contribution in [3.8, 4) is 0 Å². The molecule has 3 fully saturated rings. The molecule has 33 heavy (non-hydrogen) atoms. The van der Waals surface area contributed by atoms with Gasteiger partial charge in [-0.15, -0.1) is 0 Å². The maximum atomic E-state index is 12.8. The average Bonchev–Trinajstić information content (AvgIpc) is 3.39. The zero-order valence-electron chi connectivity index (χ0n) is 19.3. The number of benzene rings is 1. The smallest absolute Gasteiger partial charge is 0.261 e. The number of nitrogens with one attached hydrogen (secondary N) is 4. The maximum absolute atomic E-state index is 12.8. The standard InChI is InChI=1S/C26H34N6O/c1-27-21-4-2-3-5-22(21)32-23-12-13-28-26(33)24(23)25(31-32)30-18-8-6-16(7-9-18)17-14-19-10-11-20(15-17)29-19/h6-9,12-13,17,19-22,27,29H,2-5,10-11,14-15H2,1H3,(H,28,33)(H,30,31)/t17?,19-,20+,21-,22-/m0/s1. The Balaban J connectivity index is 1.29. The molecule has 1 aromatic carbocycles. The Labute approximate surface area is 194 Å². The summed E-state index contributed by atoms with van der Waals surface area (Å²) in [5.74, 6) is 1.28. The van der Waals surface area contributed by atoms with Crippen molar-refractivity contribution >= 4 is 22.4 Å². The minimum atomic E-state index is -0.0973. The number of aromatic amines is 1. The minimum absolute atomic E-state index is 0.0973. The van der Waals surface area contributed by atoms with Gasteiger partial charge in [-0.25, -0.2) is 0 Å². The van der Waals surface area contributed by atoms with Gasteiger partial charge >= 0.3 is 0 Å². The first-order chi connectivity index (χ1) is 16.2. The van der Waals surface area contributed by atoms with Crippen LogP contribution in [0.4, 0.5) is 11.5 Å². The molecule has 7 heteroatoms. The predicted molar refractivity (Wildman–Crippen MR) is 132 cm³/mol. The molecular formula is C26H34N6O. The molecule has 174 valence electrons. The Morgan fingerprint density at radius 2 is 1.76 bits per heavy atom. The summed E-state index contributed by atoms with van der Waals surface area (Å²) in [5.41, 5.74) is 3.19. The number of nitrogens with zero attached hydrogens (tertiary/aromatic N) is 2. The molecule has 7 nitrogen and oxygen atoms in total. The first kappa shape index (κ1) is 20.9. The lowest BCUT2D eigenvalue weighted by atomic mass is 9.86. The fourth-order valence-corrected chi connectivity index (χ4v) is 6.49. The van der Waals surface area contributed by atoms with E-state index in [1.54, 1.807) is 6.20 Å². The third-order valence-electron chi connectivity index (χ3n) is 8.16. The second kappa shape index (κ2) is 8.61. The van der Waals surface area contributed by atoms with Crippen LogP contribution in [0.15, 0.2) is 41.3 Å². The van der Waals surface area contributed by atoms with E-state index in [0.29, 0.717) is 35.2 Å². The number of hydrogen-bond donors (Lipinski definition) is 4. The lowest BCUT2D eigenvalue weighted by Crippen LogP contribution is -2.38. The summed E-state index contributed by atoms with van der Waals surface area (Å²) in [4.78, 5) is 15.6. The highest BCUT2D eigenvalue weighted by Crippen LogP contribution is 2.38. The topological polar surface area (TPSA) is 86.8 Å². The maximum Gasteiger partial charge on any atom is 0.261 e. The summed E-state index contributed by atoms with van der Waals surface area (Å²) in [6.07, 6.45) is 11.5. The van der Waals surface area contributed by atoms with Crippen molar-refractivity contribution in [3.63, 3.8) is 0 Å². The summed E-state index contributed by atoms with van der Waals surface area (Å²) < 4.78 is 2.08. The molecule has 3 aromatic rings. The van der Waals surface area contributed by atoms with E-state index >= 15 is 0 Å². The molecule has 0 radical (unpaired) electrons. The molecule has 1 unspecified atom stereocenters. The first-order valence-corrected chi connectivity index (χ1v) is 12.6. The Morgan fingerprint density at radius 3 is 2.52 bits per heavy atom. The number of fused-ring (bicyclic) bond motifs is 3. The van der Waals surface area contributed by atoms with Crippen molar-refractivity contribution in [2.24, 2.45) is 0 Å². The van der Waals surface area contributed by atoms with Gasteiger partial charge in [0.15, 0.2) is 5.82 Å². The van der Waals surface area contributed by atoms with Gasteiger partial charge in [0.1, 0.15) is 5.39 Å². The quantitative estimate of drug-likeness (QED) is 0.473. The number of pyridine rings is 1. The minimum Gasteiger partial charge on any atom is -0.338 e. The zero-order chi connectivity index (χ0) is 22.4. The third kappa shape index (κ3) is 3.87. The van der Waals surface area contributed by atoms with Crippen LogP contribution in [0.1, 0.15) is 68.9 Å². The van der Waals surface area contributed by atoms with E-state index in [0.717, 1.165) is 24.0 Å². The molecule has 2 aromatic heterocycles. The molecule has 2 saturated heterocycles. The van der Waals surface area contributed by atoms with Crippen LogP contribution in [0.25, 0.3) is 10.9 Å². The number of aromatic nitrogens is 3. The predicted octanol–water partition coefficient (Wildman–Crippen LogP) is 4.17. The first-order valence-electron chi connectivity index (χ1n) is 12.6. The summed E-state index contributed by atoms with van der Waals surface area (Å²) in [5, 5.41) is 16.2. The number of likely N-dealkylation sites (N-methyl/N-ethyl adjacent to an activating group) is 1. The van der Waals surface area contributed by atoms with E-state index in [4.69, 9.17) is 5.10 Å². The molecule has 4 heterocycles. The Bertz CT molecular complexity index is 1170. The van der Waals surface area contributed by atoms with E-state index in [2.05, 4.69) is 49.9 Å². The van der Waals surface area contributed by atoms with Crippen molar-refractivity contribution < 1.29 is 0 Å². The van der Waals surface area contributed by atoms with Crippen LogP contribution < -0.4 is 21.5 Å². The van der Waals surface area contributed by atoms with Crippen molar-refractivity contribution in [2.45, 2.75) is 81.5 Å². The summed E-state index contributed by atoms with van der Waals surface area (Å²) in [7, 11) is 2.02. The third-order valence-corrected chi connectivity index (χ3v) is 8.16.